The molecule has 0 spiro atoms. The molecule has 1 aromatic rings. The van der Waals surface area contributed by atoms with E-state index in [9.17, 15) is 4.79 Å². The molecule has 1 amide bonds. The van der Waals surface area contributed by atoms with E-state index in [-0.39, 0.29) is 5.91 Å². The van der Waals surface area contributed by atoms with E-state index in [4.69, 9.17) is 11.6 Å². The molecule has 0 saturated carbocycles. The Morgan fingerprint density at radius 3 is 2.50 bits per heavy atom. The summed E-state index contributed by atoms with van der Waals surface area (Å²) in [6.45, 7) is 2.54. The summed E-state index contributed by atoms with van der Waals surface area (Å²) in [5.41, 5.74) is 0.689. The topological polar surface area (TPSA) is 29.1 Å². The van der Waals surface area contributed by atoms with Gasteiger partial charge in [0.15, 0.2) is 0 Å². The van der Waals surface area contributed by atoms with Crippen LogP contribution in [0.15, 0.2) is 18.2 Å². The average Bonchev–Trinajstić information content (AvgIpc) is 2.16. The van der Waals surface area contributed by atoms with Gasteiger partial charge in [0.1, 0.15) is 0 Å². The molecule has 0 unspecified atom stereocenters. The van der Waals surface area contributed by atoms with E-state index < -0.39 is 18.4 Å². The van der Waals surface area contributed by atoms with Gasteiger partial charge in [-0.1, -0.05) is 0 Å². The van der Waals surface area contributed by atoms with E-state index in [0.29, 0.717) is 17.1 Å². The molecule has 0 aliphatic carbocycles. The van der Waals surface area contributed by atoms with Gasteiger partial charge in [0.05, 0.1) is 0 Å². The summed E-state index contributed by atoms with van der Waals surface area (Å²) in [6.07, 6.45) is 0. The molecule has 0 aliphatic heterocycles. The molecule has 0 aliphatic rings. The number of hydrogen-bond donors (Lipinski definition) is 1. The van der Waals surface area contributed by atoms with Crippen molar-refractivity contribution in [2.24, 2.45) is 0 Å². The fourth-order valence-corrected chi connectivity index (χ4v) is 6.67. The summed E-state index contributed by atoms with van der Waals surface area (Å²) in [7, 11) is 0. The zero-order valence-corrected chi connectivity index (χ0v) is 13.8. The van der Waals surface area contributed by atoms with Gasteiger partial charge in [-0.2, -0.15) is 0 Å². The number of rotatable bonds is 3. The van der Waals surface area contributed by atoms with Gasteiger partial charge in [-0.15, -0.1) is 0 Å². The SMILES string of the molecule is CCNC(=O)c1c(Cl)ccc[c]1[Sn]([CH3])([CH3])[CH3]. The molecule has 1 aromatic carbocycles. The molecule has 4 heteroatoms. The number of halogens is 1. The van der Waals surface area contributed by atoms with Gasteiger partial charge in [-0.25, -0.2) is 0 Å². The first-order valence-electron chi connectivity index (χ1n) is 5.45. The van der Waals surface area contributed by atoms with Crippen molar-refractivity contribution in [2.75, 3.05) is 6.54 Å². The first kappa shape index (κ1) is 13.8. The van der Waals surface area contributed by atoms with Crippen molar-refractivity contribution in [1.82, 2.24) is 5.32 Å². The summed E-state index contributed by atoms with van der Waals surface area (Å²) in [6, 6.07) is 5.77. The normalized spacial score (nSPS) is 11.3. The Labute approximate surface area is 106 Å². The Morgan fingerprint density at radius 2 is 2.00 bits per heavy atom. The molecule has 0 saturated heterocycles. The second kappa shape index (κ2) is 5.41. The van der Waals surface area contributed by atoms with Crippen LogP contribution in [0.4, 0.5) is 0 Å². The predicted octanol–water partition coefficient (Wildman–Crippen LogP) is 2.63. The fourth-order valence-electron chi connectivity index (χ4n) is 1.63. The van der Waals surface area contributed by atoms with Crippen LogP contribution < -0.4 is 8.90 Å². The number of benzene rings is 1. The summed E-state index contributed by atoms with van der Waals surface area (Å²) in [5.74, 6) is -0.0466. The van der Waals surface area contributed by atoms with E-state index in [1.54, 1.807) is 6.07 Å². The molecule has 0 bridgehead atoms. The molecule has 0 fully saturated rings. The van der Waals surface area contributed by atoms with Crippen LogP contribution in [0.1, 0.15) is 17.3 Å². The quantitative estimate of drug-likeness (QED) is 0.838. The van der Waals surface area contributed by atoms with Crippen LogP contribution in [-0.4, -0.2) is 30.8 Å². The molecule has 88 valence electrons. The Balaban J connectivity index is 3.30. The maximum atomic E-state index is 12.0. The summed E-state index contributed by atoms with van der Waals surface area (Å²) in [4.78, 5) is 18.8. The number of nitrogens with one attached hydrogen (secondary N) is 1. The first-order valence-corrected chi connectivity index (χ1v) is 15.8. The van der Waals surface area contributed by atoms with Crippen molar-refractivity contribution in [3.8, 4) is 0 Å². The van der Waals surface area contributed by atoms with Crippen LogP contribution in [0.3, 0.4) is 0 Å². The monoisotopic (exact) mass is 347 g/mol. The van der Waals surface area contributed by atoms with Crippen molar-refractivity contribution in [1.29, 1.82) is 0 Å². The zero-order valence-electron chi connectivity index (χ0n) is 10.2. The van der Waals surface area contributed by atoms with Crippen molar-refractivity contribution in [3.63, 3.8) is 0 Å². The van der Waals surface area contributed by atoms with Crippen LogP contribution in [0.25, 0.3) is 0 Å². The van der Waals surface area contributed by atoms with Crippen LogP contribution in [-0.2, 0) is 0 Å². The molecule has 1 rings (SSSR count). The molecule has 0 heterocycles. The first-order chi connectivity index (χ1) is 7.38. The Kier molecular flexibility index (Phi) is 4.68. The molecular weight excluding hydrogens is 328 g/mol. The van der Waals surface area contributed by atoms with Crippen LogP contribution in [0.2, 0.25) is 19.8 Å². The molecule has 0 aromatic heterocycles. The fraction of sp³-hybridized carbons (Fsp3) is 0.417. The summed E-state index contributed by atoms with van der Waals surface area (Å²) >= 11 is 3.85. The number of amides is 1. The predicted molar refractivity (Wildman–Crippen MR) is 72.4 cm³/mol. The van der Waals surface area contributed by atoms with Gasteiger partial charge >= 0.3 is 107 Å². The van der Waals surface area contributed by atoms with E-state index in [2.05, 4.69) is 20.1 Å². The van der Waals surface area contributed by atoms with Gasteiger partial charge in [-0.05, 0) is 0 Å². The van der Waals surface area contributed by atoms with Crippen molar-refractivity contribution < 1.29 is 4.79 Å². The van der Waals surface area contributed by atoms with Crippen LogP contribution in [0.5, 0.6) is 0 Å². The number of carbonyl (C=O) groups is 1. The van der Waals surface area contributed by atoms with Crippen molar-refractivity contribution in [3.05, 3.63) is 28.8 Å². The van der Waals surface area contributed by atoms with Gasteiger partial charge in [0.25, 0.3) is 0 Å². The molecular formula is C12H18ClNOSn. The number of carbonyl (C=O) groups excluding carboxylic acids is 1. The van der Waals surface area contributed by atoms with E-state index in [1.165, 1.54) is 3.58 Å². The maximum absolute atomic E-state index is 12.0. The Bertz CT molecular complexity index is 398. The van der Waals surface area contributed by atoms with Gasteiger partial charge in [-0.3, -0.25) is 0 Å². The van der Waals surface area contributed by atoms with Crippen LogP contribution in [0, 0.1) is 0 Å². The minimum atomic E-state index is -2.29. The second-order valence-electron chi connectivity index (χ2n) is 4.77. The molecule has 16 heavy (non-hydrogen) atoms. The van der Waals surface area contributed by atoms with E-state index >= 15 is 0 Å². The van der Waals surface area contributed by atoms with Gasteiger partial charge in [0.2, 0.25) is 0 Å². The van der Waals surface area contributed by atoms with E-state index in [0.717, 1.165) is 0 Å². The second-order valence-corrected chi connectivity index (χ2v) is 19.6. The molecule has 0 radical (unpaired) electrons. The Hall–Kier alpha value is -0.221. The Morgan fingerprint density at radius 1 is 1.38 bits per heavy atom. The third kappa shape index (κ3) is 3.14. The standard InChI is InChI=1S/C9H9ClNO.3CH3.Sn/c1-2-11-9(12)7-5-3-4-6-8(7)10;;;;/h3-4,6H,2H2,1H3,(H,11,12);3*1H3;. The molecule has 0 atom stereocenters. The van der Waals surface area contributed by atoms with Crippen LogP contribution >= 0.6 is 11.6 Å². The van der Waals surface area contributed by atoms with Crippen molar-refractivity contribution in [2.45, 2.75) is 21.7 Å². The third-order valence-electron chi connectivity index (χ3n) is 2.39. The molecule has 2 nitrogen and oxygen atoms in total. The minimum absolute atomic E-state index is 0.0466. The molecule has 1 N–H and O–H groups in total. The number of hydrogen-bond acceptors (Lipinski definition) is 1. The zero-order chi connectivity index (χ0) is 12.3. The van der Waals surface area contributed by atoms with Crippen molar-refractivity contribution >= 4 is 39.5 Å². The average molecular weight is 346 g/mol. The summed E-state index contributed by atoms with van der Waals surface area (Å²) < 4.78 is 1.19. The van der Waals surface area contributed by atoms with E-state index in [1.807, 2.05) is 19.1 Å². The summed E-state index contributed by atoms with van der Waals surface area (Å²) in [5, 5.41) is 3.39. The van der Waals surface area contributed by atoms with Gasteiger partial charge < -0.3 is 0 Å². The third-order valence-corrected chi connectivity index (χ3v) is 8.50. The van der Waals surface area contributed by atoms with Gasteiger partial charge in [0, 0.05) is 0 Å².